The summed E-state index contributed by atoms with van der Waals surface area (Å²) in [5.41, 5.74) is 1.20. The van der Waals surface area contributed by atoms with E-state index in [1.807, 2.05) is 12.1 Å². The second kappa shape index (κ2) is 3.38. The van der Waals surface area contributed by atoms with Gasteiger partial charge in [-0.3, -0.25) is 0 Å². The molecule has 0 saturated carbocycles. The zero-order valence-electron chi connectivity index (χ0n) is 7.83. The number of benzene rings is 1. The molecule has 0 radical (unpaired) electrons. The van der Waals surface area contributed by atoms with Crippen molar-refractivity contribution in [1.29, 1.82) is 0 Å². The molecule has 0 amide bonds. The average Bonchev–Trinajstić information content (AvgIpc) is 2.51. The largest absolute Gasteiger partial charge is 0.508 e. The molecule has 1 aromatic rings. The fraction of sp³-hybridized carbons (Fsp3) is 0.455. The minimum Gasteiger partial charge on any atom is -0.508 e. The number of phenols is 1. The van der Waals surface area contributed by atoms with Gasteiger partial charge in [-0.05, 0) is 36.6 Å². The van der Waals surface area contributed by atoms with Gasteiger partial charge in [-0.25, -0.2) is 0 Å². The topological polar surface area (TPSA) is 32.3 Å². The Balaban J connectivity index is 2.24. The van der Waals surface area contributed by atoms with Crippen LogP contribution in [-0.2, 0) is 0 Å². The maximum Gasteiger partial charge on any atom is 0.115 e. The molecule has 0 unspecified atom stereocenters. The molecule has 2 nitrogen and oxygen atoms in total. The molecule has 1 aromatic carbocycles. The van der Waals surface area contributed by atoms with E-state index in [0.717, 1.165) is 6.54 Å². The van der Waals surface area contributed by atoms with Gasteiger partial charge in [-0.1, -0.05) is 19.1 Å². The van der Waals surface area contributed by atoms with E-state index in [1.165, 1.54) is 12.0 Å². The predicted octanol–water partition coefficient (Wildman–Crippen LogP) is 2.06. The number of phenolic OH excluding ortho intramolecular Hbond substituents is 1. The third kappa shape index (κ3) is 1.68. The molecule has 1 aliphatic heterocycles. The van der Waals surface area contributed by atoms with Crippen molar-refractivity contribution in [3.05, 3.63) is 29.8 Å². The Hall–Kier alpha value is -1.02. The zero-order chi connectivity index (χ0) is 9.26. The van der Waals surface area contributed by atoms with Crippen molar-refractivity contribution in [3.63, 3.8) is 0 Å². The fourth-order valence-corrected chi connectivity index (χ4v) is 2.00. The van der Waals surface area contributed by atoms with Crippen LogP contribution in [0.4, 0.5) is 0 Å². The minimum atomic E-state index is 0.360. The van der Waals surface area contributed by atoms with Crippen LogP contribution in [0.3, 0.4) is 0 Å². The highest BCUT2D eigenvalue weighted by atomic mass is 16.3. The van der Waals surface area contributed by atoms with E-state index >= 15 is 0 Å². The van der Waals surface area contributed by atoms with Crippen LogP contribution < -0.4 is 5.32 Å². The quantitative estimate of drug-likeness (QED) is 0.688. The molecule has 2 heteroatoms. The summed E-state index contributed by atoms with van der Waals surface area (Å²) in [5, 5.41) is 12.8. The molecule has 13 heavy (non-hydrogen) atoms. The first-order chi connectivity index (χ1) is 6.27. The highest BCUT2D eigenvalue weighted by Crippen LogP contribution is 2.30. The molecule has 1 aliphatic rings. The van der Waals surface area contributed by atoms with Gasteiger partial charge in [0.05, 0.1) is 0 Å². The van der Waals surface area contributed by atoms with Crippen molar-refractivity contribution < 1.29 is 5.11 Å². The summed E-state index contributed by atoms with van der Waals surface area (Å²) in [5.74, 6) is 1.03. The summed E-state index contributed by atoms with van der Waals surface area (Å²) in [4.78, 5) is 0. The number of nitrogens with one attached hydrogen (secondary N) is 1. The predicted molar refractivity (Wildman–Crippen MR) is 52.6 cm³/mol. The summed E-state index contributed by atoms with van der Waals surface area (Å²) < 4.78 is 0. The van der Waals surface area contributed by atoms with E-state index in [2.05, 4.69) is 18.3 Å². The Kier molecular flexibility index (Phi) is 2.23. The summed E-state index contributed by atoms with van der Waals surface area (Å²) >= 11 is 0. The lowest BCUT2D eigenvalue weighted by atomic mass is 9.96. The van der Waals surface area contributed by atoms with Crippen molar-refractivity contribution >= 4 is 0 Å². The normalized spacial score (nSPS) is 27.8. The molecule has 0 bridgehead atoms. The first-order valence-corrected chi connectivity index (χ1v) is 4.79. The van der Waals surface area contributed by atoms with Crippen molar-refractivity contribution in [3.8, 4) is 5.75 Å². The lowest BCUT2D eigenvalue weighted by Gasteiger charge is -2.15. The highest BCUT2D eigenvalue weighted by molar-refractivity contribution is 5.30. The monoisotopic (exact) mass is 177 g/mol. The maximum atomic E-state index is 9.33. The lowest BCUT2D eigenvalue weighted by molar-refractivity contribution is 0.466. The standard InChI is InChI=1S/C11H15NO/c1-8-5-6-12-11(8)9-3-2-4-10(13)7-9/h2-4,7-8,11-13H,5-6H2,1H3/t8-,11-/m1/s1. The number of rotatable bonds is 1. The molecule has 70 valence electrons. The number of hydrogen-bond acceptors (Lipinski definition) is 2. The molecule has 2 rings (SSSR count). The Labute approximate surface area is 78.6 Å². The van der Waals surface area contributed by atoms with Crippen LogP contribution in [0.2, 0.25) is 0 Å². The molecule has 1 heterocycles. The van der Waals surface area contributed by atoms with Crippen LogP contribution in [0.25, 0.3) is 0 Å². The van der Waals surface area contributed by atoms with Crippen LogP contribution in [-0.4, -0.2) is 11.7 Å². The van der Waals surface area contributed by atoms with Crippen molar-refractivity contribution in [1.82, 2.24) is 5.32 Å². The van der Waals surface area contributed by atoms with Crippen LogP contribution >= 0.6 is 0 Å². The third-order valence-electron chi connectivity index (χ3n) is 2.76. The van der Waals surface area contributed by atoms with Gasteiger partial charge in [0.1, 0.15) is 5.75 Å². The second-order valence-electron chi connectivity index (χ2n) is 3.79. The smallest absolute Gasteiger partial charge is 0.115 e. The van der Waals surface area contributed by atoms with Gasteiger partial charge in [-0.2, -0.15) is 0 Å². The van der Waals surface area contributed by atoms with E-state index in [-0.39, 0.29) is 0 Å². The molecule has 1 saturated heterocycles. The van der Waals surface area contributed by atoms with Crippen LogP contribution in [0, 0.1) is 5.92 Å². The van der Waals surface area contributed by atoms with Gasteiger partial charge < -0.3 is 10.4 Å². The SMILES string of the molecule is C[C@@H]1CCN[C@H]1c1cccc(O)c1. The van der Waals surface area contributed by atoms with E-state index < -0.39 is 0 Å². The molecule has 0 spiro atoms. The Morgan fingerprint density at radius 2 is 2.31 bits per heavy atom. The van der Waals surface area contributed by atoms with Gasteiger partial charge in [-0.15, -0.1) is 0 Å². The third-order valence-corrected chi connectivity index (χ3v) is 2.76. The molecule has 0 aromatic heterocycles. The number of hydrogen-bond donors (Lipinski definition) is 2. The van der Waals surface area contributed by atoms with Crippen molar-refractivity contribution in [2.75, 3.05) is 6.54 Å². The van der Waals surface area contributed by atoms with E-state index in [0.29, 0.717) is 17.7 Å². The summed E-state index contributed by atoms with van der Waals surface area (Å²) in [6, 6.07) is 7.95. The van der Waals surface area contributed by atoms with Gasteiger partial charge in [0.15, 0.2) is 0 Å². The molecule has 2 atom stereocenters. The fourth-order valence-electron chi connectivity index (χ4n) is 2.00. The maximum absolute atomic E-state index is 9.33. The molecular formula is C11H15NO. The Bertz CT molecular complexity index is 298. The minimum absolute atomic E-state index is 0.360. The molecular weight excluding hydrogens is 162 g/mol. The van der Waals surface area contributed by atoms with Crippen LogP contribution in [0.15, 0.2) is 24.3 Å². The van der Waals surface area contributed by atoms with Gasteiger partial charge in [0.25, 0.3) is 0 Å². The van der Waals surface area contributed by atoms with Crippen LogP contribution in [0.5, 0.6) is 5.75 Å². The molecule has 0 aliphatic carbocycles. The first kappa shape index (κ1) is 8.57. The summed E-state index contributed by atoms with van der Waals surface area (Å²) in [6.45, 7) is 3.33. The van der Waals surface area contributed by atoms with Crippen LogP contribution in [0.1, 0.15) is 24.9 Å². The highest BCUT2D eigenvalue weighted by Gasteiger charge is 2.23. The number of aromatic hydroxyl groups is 1. The Morgan fingerprint density at radius 1 is 1.46 bits per heavy atom. The van der Waals surface area contributed by atoms with E-state index in [9.17, 15) is 5.11 Å². The lowest BCUT2D eigenvalue weighted by Crippen LogP contribution is -2.16. The summed E-state index contributed by atoms with van der Waals surface area (Å²) in [6.07, 6.45) is 1.22. The average molecular weight is 177 g/mol. The Morgan fingerprint density at radius 3 is 2.92 bits per heavy atom. The molecule has 2 N–H and O–H groups in total. The molecule has 1 fully saturated rings. The zero-order valence-corrected chi connectivity index (χ0v) is 7.83. The van der Waals surface area contributed by atoms with Gasteiger partial charge >= 0.3 is 0 Å². The van der Waals surface area contributed by atoms with Crippen molar-refractivity contribution in [2.24, 2.45) is 5.92 Å². The summed E-state index contributed by atoms with van der Waals surface area (Å²) in [7, 11) is 0. The van der Waals surface area contributed by atoms with Gasteiger partial charge in [0, 0.05) is 6.04 Å². The van der Waals surface area contributed by atoms with Gasteiger partial charge in [0.2, 0.25) is 0 Å². The van der Waals surface area contributed by atoms with Crippen molar-refractivity contribution in [2.45, 2.75) is 19.4 Å². The second-order valence-corrected chi connectivity index (χ2v) is 3.79. The van der Waals surface area contributed by atoms with E-state index in [1.54, 1.807) is 6.07 Å². The van der Waals surface area contributed by atoms with E-state index in [4.69, 9.17) is 0 Å². The first-order valence-electron chi connectivity index (χ1n) is 4.79.